The normalized spacial score (nSPS) is 17.2. The molecule has 0 radical (unpaired) electrons. The van der Waals surface area contributed by atoms with Crippen LogP contribution in [0.15, 0.2) is 23.0 Å². The molecule has 0 saturated heterocycles. The van der Waals surface area contributed by atoms with Gasteiger partial charge in [-0.3, -0.25) is 9.59 Å². The van der Waals surface area contributed by atoms with Crippen molar-refractivity contribution in [3.8, 4) is 0 Å². The molecule has 29 heavy (non-hydrogen) atoms. The van der Waals surface area contributed by atoms with Gasteiger partial charge in [-0.05, 0) is 55.4 Å². The fourth-order valence-corrected chi connectivity index (χ4v) is 5.53. The van der Waals surface area contributed by atoms with Crippen LogP contribution in [0.4, 0.5) is 5.69 Å². The van der Waals surface area contributed by atoms with Crippen LogP contribution in [0.5, 0.6) is 0 Å². The zero-order valence-electron chi connectivity index (χ0n) is 16.0. The van der Waals surface area contributed by atoms with E-state index in [1.807, 2.05) is 6.92 Å². The minimum Gasteiger partial charge on any atom is -0.323 e. The smallest absolute Gasteiger partial charge is 0.279 e. The Bertz CT molecular complexity index is 1160. The van der Waals surface area contributed by atoms with Crippen molar-refractivity contribution in [2.24, 2.45) is 5.92 Å². The Balaban J connectivity index is 1.71. The fourth-order valence-electron chi connectivity index (χ4n) is 3.75. The van der Waals surface area contributed by atoms with Gasteiger partial charge in [-0.25, -0.2) is 0 Å². The van der Waals surface area contributed by atoms with Gasteiger partial charge < -0.3 is 5.32 Å². The molecular formula is C20H20Cl2N4O2S. The molecule has 2 heterocycles. The molecule has 1 amide bonds. The van der Waals surface area contributed by atoms with Gasteiger partial charge in [0.1, 0.15) is 6.04 Å². The van der Waals surface area contributed by atoms with E-state index in [4.69, 9.17) is 23.2 Å². The van der Waals surface area contributed by atoms with Crippen LogP contribution in [0.3, 0.4) is 0 Å². The van der Waals surface area contributed by atoms with Gasteiger partial charge in [0.05, 0.1) is 16.1 Å². The van der Waals surface area contributed by atoms with E-state index in [9.17, 15) is 9.59 Å². The molecule has 0 aliphatic heterocycles. The van der Waals surface area contributed by atoms with Crippen molar-refractivity contribution in [1.82, 2.24) is 15.0 Å². The molecule has 2 aromatic heterocycles. The molecule has 2 atom stereocenters. The lowest BCUT2D eigenvalue weighted by atomic mass is 9.89. The number of thiophene rings is 1. The third-order valence-corrected chi connectivity index (χ3v) is 7.01. The average molecular weight is 451 g/mol. The van der Waals surface area contributed by atoms with Crippen molar-refractivity contribution in [3.05, 3.63) is 49.0 Å². The first-order valence-corrected chi connectivity index (χ1v) is 11.1. The summed E-state index contributed by atoms with van der Waals surface area (Å²) < 4.78 is 1.20. The molecule has 2 unspecified atom stereocenters. The molecule has 1 aliphatic rings. The van der Waals surface area contributed by atoms with E-state index in [-0.39, 0.29) is 11.5 Å². The van der Waals surface area contributed by atoms with Crippen LogP contribution in [0.2, 0.25) is 10.0 Å². The third kappa shape index (κ3) is 3.79. The van der Waals surface area contributed by atoms with E-state index in [2.05, 4.69) is 22.6 Å². The largest absolute Gasteiger partial charge is 0.323 e. The molecule has 1 aromatic carbocycles. The predicted molar refractivity (Wildman–Crippen MR) is 117 cm³/mol. The summed E-state index contributed by atoms with van der Waals surface area (Å²) in [6, 6.07) is 4.03. The Morgan fingerprint density at radius 3 is 2.93 bits per heavy atom. The maximum atomic E-state index is 13.3. The number of rotatable bonds is 4. The van der Waals surface area contributed by atoms with Crippen molar-refractivity contribution in [2.45, 2.75) is 45.6 Å². The number of carbonyl (C=O) groups is 1. The number of anilines is 1. The summed E-state index contributed by atoms with van der Waals surface area (Å²) in [6.07, 6.45) is 3.26. The number of aryl methyl sites for hydroxylation is 1. The molecule has 3 aromatic rings. The number of halogens is 2. The maximum Gasteiger partial charge on any atom is 0.279 e. The van der Waals surface area contributed by atoms with E-state index in [0.717, 1.165) is 24.8 Å². The number of carbonyl (C=O) groups excluding carboxylic acids is 1. The molecule has 4 rings (SSSR count). The number of amides is 1. The van der Waals surface area contributed by atoms with Gasteiger partial charge in [0, 0.05) is 9.90 Å². The molecule has 152 valence electrons. The van der Waals surface area contributed by atoms with Gasteiger partial charge in [-0.1, -0.05) is 42.3 Å². The Morgan fingerprint density at radius 1 is 1.41 bits per heavy atom. The summed E-state index contributed by atoms with van der Waals surface area (Å²) in [5.74, 6) is 0.231. The minimum atomic E-state index is -0.788. The second kappa shape index (κ2) is 8.05. The Labute approximate surface area is 181 Å². The molecular weight excluding hydrogens is 431 g/mol. The van der Waals surface area contributed by atoms with Gasteiger partial charge in [0.15, 0.2) is 4.83 Å². The van der Waals surface area contributed by atoms with E-state index < -0.39 is 6.04 Å². The third-order valence-electron chi connectivity index (χ3n) is 5.32. The van der Waals surface area contributed by atoms with Gasteiger partial charge in [0.25, 0.3) is 5.56 Å². The number of nitrogens with one attached hydrogen (secondary N) is 1. The van der Waals surface area contributed by atoms with E-state index >= 15 is 0 Å². The minimum absolute atomic E-state index is 0.258. The number of aromatic nitrogens is 3. The second-order valence-electron chi connectivity index (χ2n) is 7.41. The second-order valence-corrected chi connectivity index (χ2v) is 9.34. The van der Waals surface area contributed by atoms with Crippen molar-refractivity contribution < 1.29 is 4.79 Å². The van der Waals surface area contributed by atoms with Crippen LogP contribution < -0.4 is 10.9 Å². The molecule has 1 N–H and O–H groups in total. The highest BCUT2D eigenvalue weighted by Crippen LogP contribution is 2.35. The predicted octanol–water partition coefficient (Wildman–Crippen LogP) is 4.87. The van der Waals surface area contributed by atoms with Crippen molar-refractivity contribution >= 4 is 56.3 Å². The summed E-state index contributed by atoms with van der Waals surface area (Å²) in [6.45, 7) is 4.05. The van der Waals surface area contributed by atoms with E-state index in [1.165, 1.54) is 9.56 Å². The molecule has 0 bridgehead atoms. The summed E-state index contributed by atoms with van der Waals surface area (Å²) in [5, 5.41) is 12.5. The molecule has 0 fully saturated rings. The average Bonchev–Trinajstić information content (AvgIpc) is 3.04. The van der Waals surface area contributed by atoms with Gasteiger partial charge in [-0.2, -0.15) is 4.68 Å². The number of fused-ring (bicyclic) bond motifs is 3. The number of nitrogens with zero attached hydrogens (tertiary/aromatic N) is 3. The van der Waals surface area contributed by atoms with Crippen molar-refractivity contribution in [2.75, 3.05) is 5.32 Å². The SMILES string of the molecule is CCC(C(=O)Nc1ccc(Cl)cc1Cl)n1nnc2sc3c(c2c1=O)CCC(C)C3. The highest BCUT2D eigenvalue weighted by Gasteiger charge is 2.27. The number of hydrogen-bond acceptors (Lipinski definition) is 5. The first kappa shape index (κ1) is 20.3. The topological polar surface area (TPSA) is 76.9 Å². The summed E-state index contributed by atoms with van der Waals surface area (Å²) in [7, 11) is 0. The van der Waals surface area contributed by atoms with E-state index in [1.54, 1.807) is 29.5 Å². The Morgan fingerprint density at radius 2 is 2.21 bits per heavy atom. The monoisotopic (exact) mass is 450 g/mol. The summed E-state index contributed by atoms with van der Waals surface area (Å²) in [5.41, 5.74) is 1.25. The van der Waals surface area contributed by atoms with Crippen LogP contribution in [0.1, 0.15) is 43.2 Å². The first-order valence-electron chi connectivity index (χ1n) is 9.54. The standard InChI is InChI=1S/C20H20Cl2N4O2S/c1-3-15(18(27)23-14-7-5-11(21)9-13(14)22)26-20(28)17-12-6-4-10(2)8-16(12)29-19(17)24-25-26/h5,7,9-10,15H,3-4,6,8H2,1-2H3,(H,23,27). The number of hydrogen-bond donors (Lipinski definition) is 1. The summed E-state index contributed by atoms with van der Waals surface area (Å²) in [4.78, 5) is 28.0. The molecule has 0 spiro atoms. The molecule has 6 nitrogen and oxygen atoms in total. The van der Waals surface area contributed by atoms with Gasteiger partial charge in [-0.15, -0.1) is 16.4 Å². The van der Waals surface area contributed by atoms with Crippen LogP contribution in [0.25, 0.3) is 10.2 Å². The zero-order valence-corrected chi connectivity index (χ0v) is 18.4. The van der Waals surface area contributed by atoms with E-state index in [0.29, 0.717) is 38.3 Å². The zero-order chi connectivity index (χ0) is 20.7. The lowest BCUT2D eigenvalue weighted by Gasteiger charge is -2.18. The van der Waals surface area contributed by atoms with Crippen LogP contribution in [0, 0.1) is 5.92 Å². The quantitative estimate of drug-likeness (QED) is 0.614. The Kier molecular flexibility index (Phi) is 5.64. The highest BCUT2D eigenvalue weighted by molar-refractivity contribution is 7.18. The number of benzene rings is 1. The maximum absolute atomic E-state index is 13.3. The highest BCUT2D eigenvalue weighted by atomic mass is 35.5. The first-order chi connectivity index (χ1) is 13.9. The van der Waals surface area contributed by atoms with Gasteiger partial charge in [0.2, 0.25) is 5.91 Å². The molecule has 9 heteroatoms. The van der Waals surface area contributed by atoms with Gasteiger partial charge >= 0.3 is 0 Å². The Hall–Kier alpha value is -1.96. The lowest BCUT2D eigenvalue weighted by Crippen LogP contribution is -2.35. The molecule has 0 saturated carbocycles. The fraction of sp³-hybridized carbons (Fsp3) is 0.400. The summed E-state index contributed by atoms with van der Waals surface area (Å²) >= 11 is 13.6. The molecule has 1 aliphatic carbocycles. The van der Waals surface area contributed by atoms with Crippen LogP contribution >= 0.6 is 34.5 Å². The van der Waals surface area contributed by atoms with Crippen molar-refractivity contribution in [3.63, 3.8) is 0 Å². The van der Waals surface area contributed by atoms with Crippen LogP contribution in [-0.2, 0) is 17.6 Å². The lowest BCUT2D eigenvalue weighted by molar-refractivity contribution is -0.119. The van der Waals surface area contributed by atoms with Crippen molar-refractivity contribution in [1.29, 1.82) is 0 Å². The van der Waals surface area contributed by atoms with Crippen LogP contribution in [-0.4, -0.2) is 20.9 Å².